The highest BCUT2D eigenvalue weighted by atomic mass is 79.9. The van der Waals surface area contributed by atoms with Crippen molar-refractivity contribution in [2.24, 2.45) is 0 Å². The van der Waals surface area contributed by atoms with E-state index >= 15 is 0 Å². The summed E-state index contributed by atoms with van der Waals surface area (Å²) in [5, 5.41) is 8.05. The first-order valence-electron chi connectivity index (χ1n) is 9.53. The maximum atomic E-state index is 12.9. The van der Waals surface area contributed by atoms with Crippen molar-refractivity contribution in [3.8, 4) is 0 Å². The van der Waals surface area contributed by atoms with Crippen molar-refractivity contribution < 1.29 is 9.53 Å². The smallest absolute Gasteiger partial charge is 0.253 e. The number of rotatable bonds is 4. The summed E-state index contributed by atoms with van der Waals surface area (Å²) in [4.78, 5) is 32.5. The number of hydrogen-bond acceptors (Lipinski definition) is 5. The van der Waals surface area contributed by atoms with Gasteiger partial charge in [-0.2, -0.15) is 5.10 Å². The summed E-state index contributed by atoms with van der Waals surface area (Å²) >= 11 is 3.41. The van der Waals surface area contributed by atoms with Crippen molar-refractivity contribution >= 4 is 32.9 Å². The van der Waals surface area contributed by atoms with Gasteiger partial charge in [0, 0.05) is 31.0 Å². The van der Waals surface area contributed by atoms with Gasteiger partial charge in [0.25, 0.3) is 11.5 Å². The van der Waals surface area contributed by atoms with Crippen LogP contribution in [0.15, 0.2) is 27.7 Å². The Kier molecular flexibility index (Phi) is 5.51. The lowest BCUT2D eigenvalue weighted by atomic mass is 10.1. The van der Waals surface area contributed by atoms with Crippen LogP contribution in [-0.4, -0.2) is 38.9 Å². The van der Waals surface area contributed by atoms with E-state index in [-0.39, 0.29) is 24.1 Å². The molecule has 1 amide bonds. The summed E-state index contributed by atoms with van der Waals surface area (Å²) in [5.74, 6) is -0.274. The Balaban J connectivity index is 1.63. The van der Waals surface area contributed by atoms with Gasteiger partial charge in [-0.3, -0.25) is 9.59 Å². The fraction of sp³-hybridized carbons (Fsp3) is 0.400. The molecule has 1 aliphatic heterocycles. The minimum absolute atomic E-state index is 0.149. The second-order valence-electron chi connectivity index (χ2n) is 7.29. The first-order chi connectivity index (χ1) is 13.9. The van der Waals surface area contributed by atoms with Crippen LogP contribution in [-0.2, 0) is 11.3 Å². The average molecular weight is 460 g/mol. The maximum absolute atomic E-state index is 12.9. The third kappa shape index (κ3) is 3.97. The van der Waals surface area contributed by atoms with Crippen molar-refractivity contribution in [1.29, 1.82) is 0 Å². The zero-order valence-corrected chi connectivity index (χ0v) is 17.9. The summed E-state index contributed by atoms with van der Waals surface area (Å²) in [7, 11) is 0. The second-order valence-corrected chi connectivity index (χ2v) is 8.10. The van der Waals surface area contributed by atoms with Gasteiger partial charge in [0.2, 0.25) is 0 Å². The average Bonchev–Trinajstić information content (AvgIpc) is 3.10. The van der Waals surface area contributed by atoms with Gasteiger partial charge in [-0.05, 0) is 60.3 Å². The Morgan fingerprint density at radius 3 is 2.83 bits per heavy atom. The Labute approximate surface area is 175 Å². The normalized spacial score (nSPS) is 15.0. The number of nitrogens with zero attached hydrogens (tertiary/aromatic N) is 3. The van der Waals surface area contributed by atoms with Crippen LogP contribution in [0.25, 0.3) is 11.0 Å². The van der Waals surface area contributed by atoms with E-state index in [1.807, 2.05) is 24.6 Å². The summed E-state index contributed by atoms with van der Waals surface area (Å²) in [6, 6.07) is 3.77. The molecular weight excluding hydrogens is 438 g/mol. The summed E-state index contributed by atoms with van der Waals surface area (Å²) in [6.07, 6.45) is 3.41. The van der Waals surface area contributed by atoms with Crippen LogP contribution in [0.3, 0.4) is 0 Å². The third-order valence-corrected chi connectivity index (χ3v) is 5.64. The predicted octanol–water partition coefficient (Wildman–Crippen LogP) is 2.78. The van der Waals surface area contributed by atoms with E-state index in [0.29, 0.717) is 40.0 Å². The lowest BCUT2D eigenvalue weighted by Gasteiger charge is -2.22. The quantitative estimate of drug-likeness (QED) is 0.583. The Bertz CT molecular complexity index is 1130. The Hall–Kier alpha value is -2.52. The SMILES string of the molecule is Cc1cc(C)c(CNC(=O)c2cc(Br)nc3c2cnn3C2CCOCC2)c(=O)[nH]1. The molecule has 0 radical (unpaired) electrons. The number of halogens is 1. The van der Waals surface area contributed by atoms with Gasteiger partial charge in [-0.1, -0.05) is 0 Å². The minimum Gasteiger partial charge on any atom is -0.381 e. The van der Waals surface area contributed by atoms with E-state index < -0.39 is 0 Å². The van der Waals surface area contributed by atoms with Gasteiger partial charge in [-0.15, -0.1) is 0 Å². The highest BCUT2D eigenvalue weighted by Gasteiger charge is 2.22. The number of pyridine rings is 2. The molecule has 1 aliphatic rings. The number of nitrogens with one attached hydrogen (secondary N) is 2. The Morgan fingerprint density at radius 1 is 1.34 bits per heavy atom. The van der Waals surface area contributed by atoms with E-state index in [0.717, 1.165) is 24.1 Å². The van der Waals surface area contributed by atoms with E-state index in [4.69, 9.17) is 4.74 Å². The molecule has 29 heavy (non-hydrogen) atoms. The number of aromatic nitrogens is 4. The topological polar surface area (TPSA) is 102 Å². The standard InChI is InChI=1S/C20H22BrN5O3/c1-11-7-12(2)24-20(28)15(11)9-22-19(27)14-8-17(21)25-18-16(14)10-23-26(18)13-3-5-29-6-4-13/h7-8,10,13H,3-6,9H2,1-2H3,(H,22,27)(H,24,28). The lowest BCUT2D eigenvalue weighted by molar-refractivity contribution is 0.0673. The van der Waals surface area contributed by atoms with Crippen LogP contribution in [0.4, 0.5) is 0 Å². The van der Waals surface area contributed by atoms with Gasteiger partial charge in [0.15, 0.2) is 5.65 Å². The zero-order valence-electron chi connectivity index (χ0n) is 16.3. The first-order valence-corrected chi connectivity index (χ1v) is 10.3. The number of hydrogen-bond donors (Lipinski definition) is 2. The number of amides is 1. The summed E-state index contributed by atoms with van der Waals surface area (Å²) < 4.78 is 7.88. The van der Waals surface area contributed by atoms with E-state index in [1.54, 1.807) is 12.3 Å². The van der Waals surface area contributed by atoms with Crippen molar-refractivity contribution in [2.75, 3.05) is 13.2 Å². The molecule has 0 spiro atoms. The van der Waals surface area contributed by atoms with Gasteiger partial charge in [-0.25, -0.2) is 9.67 Å². The fourth-order valence-electron chi connectivity index (χ4n) is 3.74. The van der Waals surface area contributed by atoms with Crippen LogP contribution in [0.1, 0.15) is 46.1 Å². The molecular formula is C20H22BrN5O3. The number of carbonyl (C=O) groups excluding carboxylic acids is 1. The molecule has 0 saturated carbocycles. The van der Waals surface area contributed by atoms with Crippen molar-refractivity contribution in [1.82, 2.24) is 25.1 Å². The lowest BCUT2D eigenvalue weighted by Crippen LogP contribution is -2.28. The van der Waals surface area contributed by atoms with Gasteiger partial charge < -0.3 is 15.0 Å². The van der Waals surface area contributed by atoms with Gasteiger partial charge >= 0.3 is 0 Å². The number of aromatic amines is 1. The molecule has 4 heterocycles. The van der Waals surface area contributed by atoms with E-state index in [9.17, 15) is 9.59 Å². The molecule has 3 aromatic heterocycles. The van der Waals surface area contributed by atoms with Crippen LogP contribution in [0, 0.1) is 13.8 Å². The Morgan fingerprint density at radius 2 is 2.10 bits per heavy atom. The first kappa shape index (κ1) is 19.8. The van der Waals surface area contributed by atoms with Crippen LogP contribution < -0.4 is 10.9 Å². The fourth-order valence-corrected chi connectivity index (χ4v) is 4.13. The highest BCUT2D eigenvalue weighted by molar-refractivity contribution is 9.10. The third-order valence-electron chi connectivity index (χ3n) is 5.24. The number of aryl methyl sites for hydroxylation is 2. The number of H-pyrrole nitrogens is 1. The molecule has 2 N–H and O–H groups in total. The van der Waals surface area contributed by atoms with Crippen molar-refractivity contribution in [3.05, 3.63) is 55.7 Å². The van der Waals surface area contributed by atoms with E-state index in [2.05, 4.69) is 36.3 Å². The molecule has 1 saturated heterocycles. The molecule has 0 bridgehead atoms. The van der Waals surface area contributed by atoms with E-state index in [1.165, 1.54) is 0 Å². The second kappa shape index (κ2) is 8.08. The monoisotopic (exact) mass is 459 g/mol. The number of fused-ring (bicyclic) bond motifs is 1. The highest BCUT2D eigenvalue weighted by Crippen LogP contribution is 2.27. The molecule has 4 rings (SSSR count). The molecule has 0 atom stereocenters. The zero-order chi connectivity index (χ0) is 20.5. The number of carbonyl (C=O) groups is 1. The van der Waals surface area contributed by atoms with Crippen LogP contribution >= 0.6 is 15.9 Å². The molecule has 3 aromatic rings. The van der Waals surface area contributed by atoms with Crippen LogP contribution in [0.2, 0.25) is 0 Å². The van der Waals surface area contributed by atoms with Crippen LogP contribution in [0.5, 0.6) is 0 Å². The molecule has 0 aliphatic carbocycles. The minimum atomic E-state index is -0.274. The van der Waals surface area contributed by atoms with Gasteiger partial charge in [0.05, 0.1) is 23.2 Å². The summed E-state index contributed by atoms with van der Waals surface area (Å²) in [6.45, 7) is 5.23. The molecule has 9 heteroatoms. The predicted molar refractivity (Wildman–Crippen MR) is 112 cm³/mol. The maximum Gasteiger partial charge on any atom is 0.253 e. The van der Waals surface area contributed by atoms with Gasteiger partial charge in [0.1, 0.15) is 4.60 Å². The largest absolute Gasteiger partial charge is 0.381 e. The summed E-state index contributed by atoms with van der Waals surface area (Å²) in [5.41, 5.74) is 3.15. The van der Waals surface area contributed by atoms with Crippen molar-refractivity contribution in [3.63, 3.8) is 0 Å². The molecule has 152 valence electrons. The molecule has 8 nitrogen and oxygen atoms in total. The molecule has 0 unspecified atom stereocenters. The number of ether oxygens (including phenoxy) is 1. The molecule has 1 fully saturated rings. The molecule has 0 aromatic carbocycles. The van der Waals surface area contributed by atoms with Crippen molar-refractivity contribution in [2.45, 2.75) is 39.3 Å².